The molecule has 76 valence electrons. The minimum absolute atomic E-state index is 0.0853. The number of halogens is 4. The van der Waals surface area contributed by atoms with E-state index in [-0.39, 0.29) is 5.56 Å². The fourth-order valence-corrected chi connectivity index (χ4v) is 0.982. The molecule has 0 saturated heterocycles. The van der Waals surface area contributed by atoms with E-state index in [1.807, 2.05) is 0 Å². The molecule has 1 rings (SSSR count). The van der Waals surface area contributed by atoms with Gasteiger partial charge >= 0.3 is 5.38 Å². The highest BCUT2D eigenvalue weighted by atomic mass is 35.5. The minimum atomic E-state index is -3.93. The molecule has 0 aliphatic carbocycles. The zero-order valence-corrected chi connectivity index (χ0v) is 7.69. The van der Waals surface area contributed by atoms with Gasteiger partial charge in [0, 0.05) is 6.42 Å². The third-order valence-electron chi connectivity index (χ3n) is 1.63. The summed E-state index contributed by atoms with van der Waals surface area (Å²) in [5.74, 6) is -2.20. The first-order chi connectivity index (χ1) is 6.41. The van der Waals surface area contributed by atoms with Crippen LogP contribution in [0.1, 0.15) is 5.56 Å². The number of Topliss-reactive ketones (excluding diaryl/α,β-unsaturated/α-hetero) is 1. The number of rotatable bonds is 3. The Morgan fingerprint density at radius 2 is 1.93 bits per heavy atom. The van der Waals surface area contributed by atoms with E-state index in [1.54, 1.807) is 0 Å². The third kappa shape index (κ3) is 2.73. The Kier molecular flexibility index (Phi) is 3.16. The third-order valence-corrected chi connectivity index (χ3v) is 1.84. The second kappa shape index (κ2) is 4.00. The largest absolute Gasteiger partial charge is 0.380 e. The van der Waals surface area contributed by atoms with Gasteiger partial charge in [-0.25, -0.2) is 4.39 Å². The molecule has 0 atom stereocenters. The Bertz CT molecular complexity index is 346. The van der Waals surface area contributed by atoms with E-state index in [4.69, 9.17) is 0 Å². The molecule has 1 aromatic rings. The Balaban J connectivity index is 2.80. The van der Waals surface area contributed by atoms with Gasteiger partial charge in [0.05, 0.1) is 0 Å². The van der Waals surface area contributed by atoms with Crippen LogP contribution in [-0.4, -0.2) is 11.2 Å². The smallest absolute Gasteiger partial charge is 0.291 e. The van der Waals surface area contributed by atoms with Crippen molar-refractivity contribution < 1.29 is 18.0 Å². The van der Waals surface area contributed by atoms with Crippen molar-refractivity contribution in [2.75, 3.05) is 0 Å². The van der Waals surface area contributed by atoms with Gasteiger partial charge in [-0.05, 0) is 23.2 Å². The Labute approximate surface area is 83.5 Å². The number of hydrogen-bond acceptors (Lipinski definition) is 1. The maximum atomic E-state index is 12.9. The Morgan fingerprint density at radius 1 is 1.36 bits per heavy atom. The summed E-state index contributed by atoms with van der Waals surface area (Å²) in [6, 6.07) is 5.21. The molecule has 0 aromatic heterocycles. The van der Waals surface area contributed by atoms with Gasteiger partial charge in [0.2, 0.25) is 5.78 Å². The van der Waals surface area contributed by atoms with Crippen molar-refractivity contribution in [3.63, 3.8) is 0 Å². The number of benzene rings is 1. The molecule has 0 fully saturated rings. The molecule has 14 heavy (non-hydrogen) atoms. The van der Waals surface area contributed by atoms with E-state index in [9.17, 15) is 18.0 Å². The molecule has 1 aromatic carbocycles. The molecule has 0 N–H and O–H groups in total. The van der Waals surface area contributed by atoms with Gasteiger partial charge in [-0.1, -0.05) is 18.2 Å². The van der Waals surface area contributed by atoms with Crippen LogP contribution in [0, 0.1) is 5.82 Å². The first-order valence-electron chi connectivity index (χ1n) is 3.74. The summed E-state index contributed by atoms with van der Waals surface area (Å²) in [5, 5.41) is -3.93. The molecule has 0 aliphatic heterocycles. The zero-order valence-electron chi connectivity index (χ0n) is 6.94. The van der Waals surface area contributed by atoms with E-state index in [0.717, 1.165) is 6.07 Å². The molecular formula is C9H6ClF3O. The number of carbonyl (C=O) groups excluding carboxylic acids is 1. The normalized spacial score (nSPS) is 11.4. The minimum Gasteiger partial charge on any atom is -0.291 e. The first kappa shape index (κ1) is 11.0. The van der Waals surface area contributed by atoms with E-state index >= 15 is 0 Å². The van der Waals surface area contributed by atoms with Crippen molar-refractivity contribution in [3.8, 4) is 0 Å². The van der Waals surface area contributed by atoms with Crippen molar-refractivity contribution in [1.29, 1.82) is 0 Å². The van der Waals surface area contributed by atoms with Gasteiger partial charge < -0.3 is 0 Å². The van der Waals surface area contributed by atoms with Crippen molar-refractivity contribution in [1.82, 2.24) is 0 Å². The van der Waals surface area contributed by atoms with Crippen molar-refractivity contribution in [2.45, 2.75) is 11.8 Å². The van der Waals surface area contributed by atoms with E-state index < -0.39 is 23.4 Å². The second-order valence-corrected chi connectivity index (χ2v) is 3.16. The molecular weight excluding hydrogens is 217 g/mol. The number of ketones is 1. The van der Waals surface area contributed by atoms with Crippen LogP contribution < -0.4 is 0 Å². The van der Waals surface area contributed by atoms with Crippen molar-refractivity contribution in [3.05, 3.63) is 35.6 Å². The molecule has 0 aliphatic rings. The average Bonchev–Trinajstić information content (AvgIpc) is 2.07. The van der Waals surface area contributed by atoms with E-state index in [0.29, 0.717) is 0 Å². The predicted molar refractivity (Wildman–Crippen MR) is 45.9 cm³/mol. The standard InChI is InChI=1S/C9H6ClF3O/c10-9(12,13)8(14)5-6-3-1-2-4-7(6)11/h1-4H,5H2. The highest BCUT2D eigenvalue weighted by molar-refractivity contribution is 6.32. The van der Waals surface area contributed by atoms with Crippen molar-refractivity contribution >= 4 is 17.4 Å². The van der Waals surface area contributed by atoms with Crippen molar-refractivity contribution in [2.24, 2.45) is 0 Å². The number of alkyl halides is 3. The van der Waals surface area contributed by atoms with Crippen LogP contribution in [0.15, 0.2) is 24.3 Å². The SMILES string of the molecule is O=C(Cc1ccccc1F)C(F)(F)Cl. The van der Waals surface area contributed by atoms with Crippen LogP contribution in [0.5, 0.6) is 0 Å². The Hall–Kier alpha value is -1.03. The molecule has 1 nitrogen and oxygen atoms in total. The van der Waals surface area contributed by atoms with Gasteiger partial charge in [0.1, 0.15) is 5.82 Å². The van der Waals surface area contributed by atoms with Crippen LogP contribution in [0.2, 0.25) is 0 Å². The summed E-state index contributed by atoms with van der Waals surface area (Å²) in [6.07, 6.45) is -0.705. The van der Waals surface area contributed by atoms with Gasteiger partial charge in [-0.15, -0.1) is 0 Å². The maximum Gasteiger partial charge on any atom is 0.380 e. The lowest BCUT2D eigenvalue weighted by molar-refractivity contribution is -0.132. The zero-order chi connectivity index (χ0) is 10.8. The lowest BCUT2D eigenvalue weighted by atomic mass is 10.1. The van der Waals surface area contributed by atoms with Gasteiger partial charge in [0.25, 0.3) is 0 Å². The monoisotopic (exact) mass is 222 g/mol. The molecule has 0 saturated carbocycles. The second-order valence-electron chi connectivity index (χ2n) is 2.69. The number of hydrogen-bond donors (Lipinski definition) is 0. The van der Waals surface area contributed by atoms with Gasteiger partial charge in [-0.2, -0.15) is 8.78 Å². The molecule has 0 amide bonds. The molecule has 5 heteroatoms. The topological polar surface area (TPSA) is 17.1 Å². The molecule has 0 heterocycles. The van der Waals surface area contributed by atoms with Crippen LogP contribution in [-0.2, 0) is 11.2 Å². The highest BCUT2D eigenvalue weighted by Gasteiger charge is 2.35. The fourth-order valence-electron chi connectivity index (χ4n) is 0.915. The summed E-state index contributed by atoms with van der Waals surface area (Å²) in [7, 11) is 0. The van der Waals surface area contributed by atoms with E-state index in [2.05, 4.69) is 11.6 Å². The summed E-state index contributed by atoms with van der Waals surface area (Å²) < 4.78 is 37.4. The summed E-state index contributed by atoms with van der Waals surface area (Å²) in [4.78, 5) is 10.7. The van der Waals surface area contributed by atoms with Crippen LogP contribution in [0.4, 0.5) is 13.2 Å². The molecule has 0 radical (unpaired) electrons. The van der Waals surface area contributed by atoms with Gasteiger partial charge in [-0.3, -0.25) is 4.79 Å². The molecule has 0 unspecified atom stereocenters. The Morgan fingerprint density at radius 3 is 2.43 bits per heavy atom. The maximum absolute atomic E-state index is 12.9. The summed E-state index contributed by atoms with van der Waals surface area (Å²) in [6.45, 7) is 0. The first-order valence-corrected chi connectivity index (χ1v) is 4.12. The average molecular weight is 223 g/mol. The number of carbonyl (C=O) groups is 1. The molecule has 0 spiro atoms. The van der Waals surface area contributed by atoms with E-state index in [1.165, 1.54) is 18.2 Å². The lowest BCUT2D eigenvalue weighted by Crippen LogP contribution is -2.23. The summed E-state index contributed by atoms with van der Waals surface area (Å²) in [5.41, 5.74) is -0.0853. The molecule has 0 bridgehead atoms. The van der Waals surface area contributed by atoms with Gasteiger partial charge in [0.15, 0.2) is 0 Å². The van der Waals surface area contributed by atoms with Crippen LogP contribution in [0.25, 0.3) is 0 Å². The van der Waals surface area contributed by atoms with Crippen LogP contribution in [0.3, 0.4) is 0 Å². The lowest BCUT2D eigenvalue weighted by Gasteiger charge is -2.06. The fraction of sp³-hybridized carbons (Fsp3) is 0.222. The van der Waals surface area contributed by atoms with Crippen LogP contribution >= 0.6 is 11.6 Å². The summed E-state index contributed by atoms with van der Waals surface area (Å²) >= 11 is 4.48. The quantitative estimate of drug-likeness (QED) is 0.719. The predicted octanol–water partition coefficient (Wildman–Crippen LogP) is 2.77. The highest BCUT2D eigenvalue weighted by Crippen LogP contribution is 2.22.